The van der Waals surface area contributed by atoms with Crippen LogP contribution >= 0.6 is 11.6 Å². The minimum Gasteiger partial charge on any atom is -0.494 e. The van der Waals surface area contributed by atoms with Crippen LogP contribution in [0.3, 0.4) is 0 Å². The quantitative estimate of drug-likeness (QED) is 0.443. The van der Waals surface area contributed by atoms with Crippen molar-refractivity contribution in [3.8, 4) is 23.0 Å². The molecule has 3 nitrogen and oxygen atoms in total. The Labute approximate surface area is 159 Å². The van der Waals surface area contributed by atoms with Gasteiger partial charge in [0.15, 0.2) is 0 Å². The number of benzene rings is 3. The molecule has 0 atom stereocenters. The maximum absolute atomic E-state index is 6.09. The summed E-state index contributed by atoms with van der Waals surface area (Å²) in [5, 5.41) is 0. The molecule has 0 fully saturated rings. The lowest BCUT2D eigenvalue weighted by atomic mass is 10.2. The van der Waals surface area contributed by atoms with E-state index in [0.29, 0.717) is 19.1 Å². The Morgan fingerprint density at radius 3 is 2.15 bits per heavy atom. The zero-order valence-corrected chi connectivity index (χ0v) is 15.4. The second-order valence-electron chi connectivity index (χ2n) is 5.68. The van der Waals surface area contributed by atoms with Crippen LogP contribution in [0.5, 0.6) is 23.0 Å². The molecule has 3 rings (SSSR count). The summed E-state index contributed by atoms with van der Waals surface area (Å²) in [6.07, 6.45) is 0. The largest absolute Gasteiger partial charge is 0.494 e. The first-order chi connectivity index (χ1) is 12.8. The normalized spacial score (nSPS) is 10.4. The van der Waals surface area contributed by atoms with Crippen LogP contribution < -0.4 is 14.2 Å². The highest BCUT2D eigenvalue weighted by atomic mass is 35.5. The molecule has 0 saturated carbocycles. The Morgan fingerprint density at radius 1 is 0.769 bits per heavy atom. The molecule has 0 N–H and O–H groups in total. The topological polar surface area (TPSA) is 27.7 Å². The van der Waals surface area contributed by atoms with Gasteiger partial charge in [-0.1, -0.05) is 30.3 Å². The number of ether oxygens (including phenoxy) is 3. The van der Waals surface area contributed by atoms with Crippen LogP contribution in [0.25, 0.3) is 0 Å². The van der Waals surface area contributed by atoms with E-state index in [1.807, 2.05) is 79.7 Å². The van der Waals surface area contributed by atoms with E-state index in [1.54, 1.807) is 0 Å². The third-order valence-corrected chi connectivity index (χ3v) is 4.07. The van der Waals surface area contributed by atoms with Crippen molar-refractivity contribution in [2.75, 3.05) is 6.61 Å². The lowest BCUT2D eigenvalue weighted by Gasteiger charge is -2.13. The minimum atomic E-state index is 0.352. The average Bonchev–Trinajstić information content (AvgIpc) is 2.69. The molecular formula is C22H21ClO3. The Kier molecular flexibility index (Phi) is 6.39. The van der Waals surface area contributed by atoms with Gasteiger partial charge in [-0.3, -0.25) is 0 Å². The van der Waals surface area contributed by atoms with E-state index in [4.69, 9.17) is 25.8 Å². The molecule has 4 heteroatoms. The van der Waals surface area contributed by atoms with Gasteiger partial charge in [0, 0.05) is 5.56 Å². The van der Waals surface area contributed by atoms with E-state index in [1.165, 1.54) is 0 Å². The molecule has 0 amide bonds. The van der Waals surface area contributed by atoms with Crippen LogP contribution in [-0.2, 0) is 12.5 Å². The van der Waals surface area contributed by atoms with E-state index in [0.717, 1.165) is 34.1 Å². The molecule has 0 radical (unpaired) electrons. The number of rotatable bonds is 8. The van der Waals surface area contributed by atoms with Crippen molar-refractivity contribution in [1.29, 1.82) is 0 Å². The lowest BCUT2D eigenvalue weighted by Crippen LogP contribution is -1.98. The van der Waals surface area contributed by atoms with Crippen LogP contribution in [0, 0.1) is 0 Å². The van der Waals surface area contributed by atoms with Gasteiger partial charge in [0.25, 0.3) is 0 Å². The summed E-state index contributed by atoms with van der Waals surface area (Å²) in [6.45, 7) is 3.10. The maximum Gasteiger partial charge on any atom is 0.128 e. The molecule has 0 unspecified atom stereocenters. The third-order valence-electron chi connectivity index (χ3n) is 3.78. The third kappa shape index (κ3) is 4.93. The highest BCUT2D eigenvalue weighted by Gasteiger charge is 2.07. The van der Waals surface area contributed by atoms with E-state index in [-0.39, 0.29) is 0 Å². The smallest absolute Gasteiger partial charge is 0.128 e. The molecule has 0 aliphatic rings. The van der Waals surface area contributed by atoms with Crippen molar-refractivity contribution < 1.29 is 14.2 Å². The average molecular weight is 369 g/mol. The zero-order valence-electron chi connectivity index (χ0n) is 14.7. The monoisotopic (exact) mass is 368 g/mol. The summed E-state index contributed by atoms with van der Waals surface area (Å²) in [5.41, 5.74) is 2.01. The van der Waals surface area contributed by atoms with E-state index in [9.17, 15) is 0 Å². The number of hydrogen-bond donors (Lipinski definition) is 0. The predicted octanol–water partition coefficient (Wildman–Crippen LogP) is 6.20. The van der Waals surface area contributed by atoms with Gasteiger partial charge in [-0.2, -0.15) is 0 Å². The maximum atomic E-state index is 6.09. The fraction of sp³-hybridized carbons (Fsp3) is 0.182. The van der Waals surface area contributed by atoms with Crippen molar-refractivity contribution in [1.82, 2.24) is 0 Å². The molecule has 0 aromatic heterocycles. The molecule has 0 saturated heterocycles. The van der Waals surface area contributed by atoms with Crippen molar-refractivity contribution >= 4 is 11.6 Å². The fourth-order valence-electron chi connectivity index (χ4n) is 2.51. The molecule has 0 aliphatic carbocycles. The van der Waals surface area contributed by atoms with Gasteiger partial charge in [-0.25, -0.2) is 0 Å². The lowest BCUT2D eigenvalue weighted by molar-refractivity contribution is 0.303. The van der Waals surface area contributed by atoms with Gasteiger partial charge in [-0.05, 0) is 55.0 Å². The highest BCUT2D eigenvalue weighted by Crippen LogP contribution is 2.30. The molecule has 0 aliphatic heterocycles. The van der Waals surface area contributed by atoms with Gasteiger partial charge >= 0.3 is 0 Å². The summed E-state index contributed by atoms with van der Waals surface area (Å²) in [7, 11) is 0. The summed E-state index contributed by atoms with van der Waals surface area (Å²) in [6, 6.07) is 23.3. The van der Waals surface area contributed by atoms with E-state index in [2.05, 4.69) is 0 Å². The fourth-order valence-corrected chi connectivity index (χ4v) is 2.72. The minimum absolute atomic E-state index is 0.352. The number of hydrogen-bond acceptors (Lipinski definition) is 3. The van der Waals surface area contributed by atoms with E-state index < -0.39 is 0 Å². The molecule has 0 bridgehead atoms. The van der Waals surface area contributed by atoms with Gasteiger partial charge in [0.2, 0.25) is 0 Å². The van der Waals surface area contributed by atoms with Crippen LogP contribution in [0.4, 0.5) is 0 Å². The summed E-state index contributed by atoms with van der Waals surface area (Å²) < 4.78 is 17.2. The van der Waals surface area contributed by atoms with Gasteiger partial charge in [-0.15, -0.1) is 11.6 Å². The molecule has 0 spiro atoms. The van der Waals surface area contributed by atoms with Crippen LogP contribution in [-0.4, -0.2) is 6.61 Å². The van der Waals surface area contributed by atoms with Gasteiger partial charge < -0.3 is 14.2 Å². The molecule has 134 valence electrons. The van der Waals surface area contributed by atoms with Crippen molar-refractivity contribution in [2.45, 2.75) is 19.4 Å². The molecule has 3 aromatic carbocycles. The Hall–Kier alpha value is -2.65. The van der Waals surface area contributed by atoms with Crippen LogP contribution in [0.2, 0.25) is 0 Å². The summed E-state index contributed by atoms with van der Waals surface area (Å²) in [5.74, 6) is 3.41. The molecule has 0 heterocycles. The first-order valence-corrected chi connectivity index (χ1v) is 9.08. The van der Waals surface area contributed by atoms with Crippen molar-refractivity contribution in [2.24, 2.45) is 0 Å². The van der Waals surface area contributed by atoms with Gasteiger partial charge in [0.05, 0.1) is 12.5 Å². The Morgan fingerprint density at radius 2 is 1.46 bits per heavy atom. The first-order valence-electron chi connectivity index (χ1n) is 8.55. The standard InChI is InChI=1S/C22H21ClO3/c1-2-24-19-8-10-20(11-9-19)26-21-12-13-22(18(14-21)15-23)25-16-17-6-4-3-5-7-17/h3-14H,2,15-16H2,1H3. The first kappa shape index (κ1) is 18.2. The number of halogens is 1. The highest BCUT2D eigenvalue weighted by molar-refractivity contribution is 6.17. The van der Waals surface area contributed by atoms with Crippen LogP contribution in [0.1, 0.15) is 18.1 Å². The van der Waals surface area contributed by atoms with Crippen molar-refractivity contribution in [3.05, 3.63) is 83.9 Å². The Bertz CT molecular complexity index is 817. The van der Waals surface area contributed by atoms with Crippen molar-refractivity contribution in [3.63, 3.8) is 0 Å². The Balaban J connectivity index is 1.67. The van der Waals surface area contributed by atoms with Gasteiger partial charge in [0.1, 0.15) is 29.6 Å². The van der Waals surface area contributed by atoms with Crippen LogP contribution in [0.15, 0.2) is 72.8 Å². The van der Waals surface area contributed by atoms with E-state index >= 15 is 0 Å². The summed E-state index contributed by atoms with van der Waals surface area (Å²) >= 11 is 6.09. The molecule has 3 aromatic rings. The second kappa shape index (κ2) is 9.16. The zero-order chi connectivity index (χ0) is 18.2. The summed E-state index contributed by atoms with van der Waals surface area (Å²) in [4.78, 5) is 0. The SMILES string of the molecule is CCOc1ccc(Oc2ccc(OCc3ccccc3)c(CCl)c2)cc1. The second-order valence-corrected chi connectivity index (χ2v) is 5.95. The predicted molar refractivity (Wildman–Crippen MR) is 104 cm³/mol. The number of alkyl halides is 1. The molecular weight excluding hydrogens is 348 g/mol. The molecule has 26 heavy (non-hydrogen) atoms.